The van der Waals surface area contributed by atoms with Crippen LogP contribution in [0.15, 0.2) is 35.1 Å². The maximum absolute atomic E-state index is 13.6. The van der Waals surface area contributed by atoms with Crippen molar-refractivity contribution in [3.05, 3.63) is 36.5 Å². The number of hydrogen-bond donors (Lipinski definition) is 0. The summed E-state index contributed by atoms with van der Waals surface area (Å²) in [5.74, 6) is 0.392. The van der Waals surface area contributed by atoms with Gasteiger partial charge in [-0.25, -0.2) is 9.37 Å². The third-order valence-electron chi connectivity index (χ3n) is 3.34. The maximum atomic E-state index is 13.6. The predicted octanol–water partition coefficient (Wildman–Crippen LogP) is 3.34. The molecule has 1 saturated carbocycles. The molecule has 0 aliphatic heterocycles. The molecule has 4 rings (SSSR count). The number of rotatable bonds is 5. The Morgan fingerprint density at radius 1 is 1.23 bits per heavy atom. The van der Waals surface area contributed by atoms with Crippen LogP contribution in [0, 0.1) is 11.7 Å². The summed E-state index contributed by atoms with van der Waals surface area (Å²) in [7, 11) is 0. The molecule has 1 fully saturated rings. The molecule has 0 amide bonds. The Morgan fingerprint density at radius 2 is 2.09 bits per heavy atom. The Hall–Kier alpha value is -2.70. The zero-order chi connectivity index (χ0) is 14.9. The van der Waals surface area contributed by atoms with Gasteiger partial charge in [-0.15, -0.1) is 0 Å². The van der Waals surface area contributed by atoms with Gasteiger partial charge in [0.25, 0.3) is 11.6 Å². The van der Waals surface area contributed by atoms with Crippen LogP contribution in [-0.4, -0.2) is 21.6 Å². The Kier molecular flexibility index (Phi) is 3.10. The summed E-state index contributed by atoms with van der Waals surface area (Å²) in [5, 5.41) is 0. The molecule has 1 aromatic carbocycles. The minimum atomic E-state index is -0.496. The van der Waals surface area contributed by atoms with E-state index in [1.165, 1.54) is 18.5 Å². The van der Waals surface area contributed by atoms with Crippen molar-refractivity contribution in [3.63, 3.8) is 0 Å². The molecule has 7 heteroatoms. The molecule has 2 heterocycles. The van der Waals surface area contributed by atoms with Crippen LogP contribution in [0.3, 0.4) is 0 Å². The Balaban J connectivity index is 1.66. The van der Waals surface area contributed by atoms with Gasteiger partial charge in [0.1, 0.15) is 0 Å². The third kappa shape index (κ3) is 2.57. The molecule has 1 aliphatic rings. The number of aromatic nitrogens is 3. The SMILES string of the molecule is Fc1ccccc1Oc1nc(OCC2CC2)c2ncoc2n1. The van der Waals surface area contributed by atoms with Gasteiger partial charge in [0, 0.05) is 0 Å². The van der Waals surface area contributed by atoms with E-state index in [1.54, 1.807) is 12.1 Å². The van der Waals surface area contributed by atoms with Crippen molar-refractivity contribution < 1.29 is 18.3 Å². The van der Waals surface area contributed by atoms with E-state index in [9.17, 15) is 4.39 Å². The molecule has 0 N–H and O–H groups in total. The molecule has 1 aliphatic carbocycles. The van der Waals surface area contributed by atoms with Crippen molar-refractivity contribution in [2.45, 2.75) is 12.8 Å². The van der Waals surface area contributed by atoms with Crippen molar-refractivity contribution >= 4 is 11.2 Å². The normalized spacial score (nSPS) is 14.2. The summed E-state index contributed by atoms with van der Waals surface area (Å²) in [5.41, 5.74) is 0.675. The molecule has 0 saturated heterocycles. The van der Waals surface area contributed by atoms with Gasteiger partial charge in [-0.2, -0.15) is 9.97 Å². The average molecular weight is 301 g/mol. The number of oxazole rings is 1. The second-order valence-electron chi connectivity index (χ2n) is 5.10. The number of hydrogen-bond acceptors (Lipinski definition) is 6. The van der Waals surface area contributed by atoms with Crippen molar-refractivity contribution in [3.8, 4) is 17.6 Å². The number of ether oxygens (including phenoxy) is 2. The summed E-state index contributed by atoms with van der Waals surface area (Å²) in [6.07, 6.45) is 3.58. The molecule has 0 atom stereocenters. The molecule has 6 nitrogen and oxygen atoms in total. The summed E-state index contributed by atoms with van der Waals surface area (Å²) in [6.45, 7) is 0.568. The average Bonchev–Trinajstić information content (AvgIpc) is 3.23. The molecule has 0 radical (unpaired) electrons. The number of nitrogens with zero attached hydrogens (tertiary/aromatic N) is 3. The fraction of sp³-hybridized carbons (Fsp3) is 0.267. The van der Waals surface area contributed by atoms with Crippen LogP contribution in [0.4, 0.5) is 4.39 Å². The van der Waals surface area contributed by atoms with Gasteiger partial charge in [0.05, 0.1) is 6.61 Å². The Bertz CT molecular complexity index is 817. The second kappa shape index (κ2) is 5.25. The lowest BCUT2D eigenvalue weighted by Crippen LogP contribution is -2.03. The maximum Gasteiger partial charge on any atom is 0.328 e. The minimum absolute atomic E-state index is 0.0366. The minimum Gasteiger partial charge on any atom is -0.476 e. The van der Waals surface area contributed by atoms with Crippen LogP contribution in [0.5, 0.6) is 17.6 Å². The molecule has 3 aromatic rings. The van der Waals surface area contributed by atoms with E-state index < -0.39 is 5.82 Å². The largest absolute Gasteiger partial charge is 0.476 e. The van der Waals surface area contributed by atoms with Gasteiger partial charge in [0.15, 0.2) is 23.5 Å². The Labute approximate surface area is 124 Å². The lowest BCUT2D eigenvalue weighted by atomic mass is 10.3. The first kappa shape index (κ1) is 13.0. The van der Waals surface area contributed by atoms with Gasteiger partial charge in [-0.05, 0) is 30.9 Å². The highest BCUT2D eigenvalue weighted by Gasteiger charge is 2.24. The second-order valence-corrected chi connectivity index (χ2v) is 5.10. The highest BCUT2D eigenvalue weighted by atomic mass is 19.1. The van der Waals surface area contributed by atoms with Crippen molar-refractivity contribution in [2.75, 3.05) is 6.61 Å². The van der Waals surface area contributed by atoms with Gasteiger partial charge in [-0.1, -0.05) is 12.1 Å². The van der Waals surface area contributed by atoms with Crippen LogP contribution in [0.2, 0.25) is 0 Å². The fourth-order valence-electron chi connectivity index (χ4n) is 1.97. The fourth-order valence-corrected chi connectivity index (χ4v) is 1.97. The Morgan fingerprint density at radius 3 is 2.91 bits per heavy atom. The molecule has 2 aromatic heterocycles. The molecule has 22 heavy (non-hydrogen) atoms. The third-order valence-corrected chi connectivity index (χ3v) is 3.34. The van der Waals surface area contributed by atoms with Crippen LogP contribution >= 0.6 is 0 Å². The highest BCUT2D eigenvalue weighted by Crippen LogP contribution is 2.32. The molecular weight excluding hydrogens is 289 g/mol. The van der Waals surface area contributed by atoms with Crippen molar-refractivity contribution in [1.29, 1.82) is 0 Å². The zero-order valence-electron chi connectivity index (χ0n) is 11.5. The molecule has 0 bridgehead atoms. The zero-order valence-corrected chi connectivity index (χ0v) is 11.5. The van der Waals surface area contributed by atoms with E-state index in [4.69, 9.17) is 13.9 Å². The number of para-hydroxylation sites is 1. The summed E-state index contributed by atoms with van der Waals surface area (Å²) in [6, 6.07) is 5.99. The standard InChI is InChI=1S/C15H12FN3O3/c16-10-3-1-2-4-11(10)22-15-18-13(20-7-9-5-6-9)12-14(19-15)21-8-17-12/h1-4,8-9H,5-7H2. The summed E-state index contributed by atoms with van der Waals surface area (Å²) >= 11 is 0. The van der Waals surface area contributed by atoms with Gasteiger partial charge >= 0.3 is 6.01 Å². The predicted molar refractivity (Wildman–Crippen MR) is 74.3 cm³/mol. The highest BCUT2D eigenvalue weighted by molar-refractivity contribution is 5.73. The van der Waals surface area contributed by atoms with E-state index in [0.717, 1.165) is 12.8 Å². The van der Waals surface area contributed by atoms with Gasteiger partial charge < -0.3 is 13.9 Å². The van der Waals surface area contributed by atoms with E-state index in [2.05, 4.69) is 15.0 Å². The molecule has 112 valence electrons. The first-order valence-electron chi connectivity index (χ1n) is 6.96. The molecule has 0 spiro atoms. The number of benzene rings is 1. The first-order valence-corrected chi connectivity index (χ1v) is 6.96. The van der Waals surface area contributed by atoms with Crippen LogP contribution in [-0.2, 0) is 0 Å². The molecule has 0 unspecified atom stereocenters. The van der Waals surface area contributed by atoms with E-state index in [-0.39, 0.29) is 23.4 Å². The van der Waals surface area contributed by atoms with E-state index in [0.29, 0.717) is 18.0 Å². The van der Waals surface area contributed by atoms with Crippen LogP contribution in [0.25, 0.3) is 11.2 Å². The lowest BCUT2D eigenvalue weighted by Gasteiger charge is -2.07. The van der Waals surface area contributed by atoms with Crippen molar-refractivity contribution in [1.82, 2.24) is 15.0 Å². The topological polar surface area (TPSA) is 70.3 Å². The quantitative estimate of drug-likeness (QED) is 0.720. The van der Waals surface area contributed by atoms with Crippen LogP contribution in [0.1, 0.15) is 12.8 Å². The molecular formula is C15H12FN3O3. The number of halogens is 1. The lowest BCUT2D eigenvalue weighted by molar-refractivity contribution is 0.286. The smallest absolute Gasteiger partial charge is 0.328 e. The van der Waals surface area contributed by atoms with E-state index in [1.807, 2.05) is 0 Å². The summed E-state index contributed by atoms with van der Waals surface area (Å²) < 4.78 is 29.9. The number of fused-ring (bicyclic) bond motifs is 1. The summed E-state index contributed by atoms with van der Waals surface area (Å²) in [4.78, 5) is 12.3. The first-order chi connectivity index (χ1) is 10.8. The van der Waals surface area contributed by atoms with Crippen LogP contribution < -0.4 is 9.47 Å². The van der Waals surface area contributed by atoms with Gasteiger partial charge in [-0.3, -0.25) is 0 Å². The monoisotopic (exact) mass is 301 g/mol. The van der Waals surface area contributed by atoms with Gasteiger partial charge in [0.2, 0.25) is 0 Å². The van der Waals surface area contributed by atoms with Crippen molar-refractivity contribution in [2.24, 2.45) is 5.92 Å². The van der Waals surface area contributed by atoms with E-state index >= 15 is 0 Å².